The third-order valence-electron chi connectivity index (χ3n) is 3.11. The second-order valence-corrected chi connectivity index (χ2v) is 6.78. The van der Waals surface area contributed by atoms with Gasteiger partial charge in [0.1, 0.15) is 0 Å². The first-order valence-electron chi connectivity index (χ1n) is 5.58. The molecule has 0 amide bonds. The summed E-state index contributed by atoms with van der Waals surface area (Å²) in [6, 6.07) is 0. The molecule has 0 spiro atoms. The van der Waals surface area contributed by atoms with E-state index < -0.39 is 22.1 Å². The lowest BCUT2D eigenvalue weighted by atomic mass is 9.85. The molecule has 1 N–H and O–H groups in total. The van der Waals surface area contributed by atoms with Crippen molar-refractivity contribution >= 4 is 16.9 Å². The van der Waals surface area contributed by atoms with Gasteiger partial charge in [-0.25, -0.2) is 13.4 Å². The van der Waals surface area contributed by atoms with Crippen LogP contribution in [0.5, 0.6) is 0 Å². The second-order valence-electron chi connectivity index (χ2n) is 4.38. The van der Waals surface area contributed by atoms with E-state index in [2.05, 4.69) is 4.98 Å². The predicted molar refractivity (Wildman–Crippen MR) is 65.2 cm³/mol. The molecule has 94 valence electrons. The van der Waals surface area contributed by atoms with Gasteiger partial charge < -0.3 is 14.4 Å². The van der Waals surface area contributed by atoms with Gasteiger partial charge in [-0.3, -0.25) is 0 Å². The van der Waals surface area contributed by atoms with E-state index in [1.165, 1.54) is 0 Å². The van der Waals surface area contributed by atoms with Gasteiger partial charge in [0.25, 0.3) is 0 Å². The molecule has 0 saturated carbocycles. The lowest BCUT2D eigenvalue weighted by molar-refractivity contribution is 0.350. The van der Waals surface area contributed by atoms with Crippen LogP contribution in [0.3, 0.4) is 0 Å². The van der Waals surface area contributed by atoms with Crippen LogP contribution in [0.2, 0.25) is 6.82 Å². The Morgan fingerprint density at radius 1 is 1.59 bits per heavy atom. The van der Waals surface area contributed by atoms with Crippen LogP contribution < -0.4 is 0 Å². The molecule has 2 heterocycles. The first-order valence-corrected chi connectivity index (χ1v) is 7.30. The maximum atomic E-state index is 11.9. The van der Waals surface area contributed by atoms with Crippen LogP contribution in [0.25, 0.3) is 0 Å². The van der Waals surface area contributed by atoms with Crippen molar-refractivity contribution in [2.75, 3.05) is 18.8 Å². The Morgan fingerprint density at radius 3 is 2.94 bits per heavy atom. The van der Waals surface area contributed by atoms with E-state index in [0.29, 0.717) is 19.6 Å². The number of hydrogen-bond acceptors (Lipinski definition) is 5. The molecule has 1 atom stereocenters. The molecule has 1 aliphatic heterocycles. The van der Waals surface area contributed by atoms with E-state index in [9.17, 15) is 13.4 Å². The van der Waals surface area contributed by atoms with Crippen molar-refractivity contribution < 1.29 is 13.4 Å². The Labute approximate surface area is 101 Å². The highest BCUT2D eigenvalue weighted by atomic mass is 32.2. The fraction of sp³-hybridized carbons (Fsp3) is 0.667. The molecular formula is C9H16BN3O3S. The molecule has 1 unspecified atom stereocenters. The van der Waals surface area contributed by atoms with Gasteiger partial charge in [0.2, 0.25) is 0 Å². The topological polar surface area (TPSA) is 75.4 Å². The first-order chi connectivity index (χ1) is 7.99. The summed E-state index contributed by atoms with van der Waals surface area (Å²) in [7, 11) is -3.67. The largest absolute Gasteiger partial charge is 0.437 e. The van der Waals surface area contributed by atoms with Gasteiger partial charge in [0, 0.05) is 32.0 Å². The van der Waals surface area contributed by atoms with Crippen molar-refractivity contribution in [3.63, 3.8) is 0 Å². The maximum Gasteiger partial charge on any atom is 0.376 e. The Hall–Kier alpha value is -0.855. The zero-order valence-electron chi connectivity index (χ0n) is 9.73. The molecule has 8 heteroatoms. The molecule has 1 aliphatic rings. The van der Waals surface area contributed by atoms with Crippen LogP contribution in [-0.2, 0) is 16.4 Å². The molecule has 6 nitrogen and oxygen atoms in total. The van der Waals surface area contributed by atoms with Crippen LogP contribution in [0.15, 0.2) is 18.7 Å². The van der Waals surface area contributed by atoms with E-state index in [4.69, 9.17) is 0 Å². The maximum absolute atomic E-state index is 11.9. The minimum Gasteiger partial charge on any atom is -0.437 e. The zero-order chi connectivity index (χ0) is 12.5. The smallest absolute Gasteiger partial charge is 0.376 e. The van der Waals surface area contributed by atoms with Crippen LogP contribution in [0.1, 0.15) is 0 Å². The van der Waals surface area contributed by atoms with E-state index in [-0.39, 0.29) is 5.75 Å². The molecule has 2 rings (SSSR count). The standard InChI is InChI=1S/C9H16BN3O3S/c1-10(14)13-4-5-17(15,16)9(7-13)6-12-3-2-11-8-12/h2-3,8-9,14H,4-7H2,1H3. The van der Waals surface area contributed by atoms with E-state index in [1.807, 2.05) is 0 Å². The van der Waals surface area contributed by atoms with Gasteiger partial charge in [0.15, 0.2) is 9.84 Å². The number of rotatable bonds is 3. The summed E-state index contributed by atoms with van der Waals surface area (Å²) in [6.07, 6.45) is 4.98. The minimum absolute atomic E-state index is 0.108. The Kier molecular flexibility index (Phi) is 3.55. The summed E-state index contributed by atoms with van der Waals surface area (Å²) < 4.78 is 25.6. The summed E-state index contributed by atoms with van der Waals surface area (Å²) in [4.78, 5) is 5.68. The fourth-order valence-corrected chi connectivity index (χ4v) is 3.66. The lowest BCUT2D eigenvalue weighted by Crippen LogP contribution is -2.53. The van der Waals surface area contributed by atoms with Crippen molar-refractivity contribution in [2.45, 2.75) is 18.6 Å². The third-order valence-corrected chi connectivity index (χ3v) is 5.18. The van der Waals surface area contributed by atoms with E-state index in [0.717, 1.165) is 0 Å². The minimum atomic E-state index is -3.07. The SMILES string of the molecule is CB(O)N1CCS(=O)(=O)C(Cn2ccnc2)C1. The zero-order valence-corrected chi connectivity index (χ0v) is 10.5. The third kappa shape index (κ3) is 2.88. The van der Waals surface area contributed by atoms with Gasteiger partial charge >= 0.3 is 7.05 Å². The molecule has 1 saturated heterocycles. The molecule has 1 aromatic rings. The highest BCUT2D eigenvalue weighted by Gasteiger charge is 2.35. The van der Waals surface area contributed by atoms with Gasteiger partial charge in [-0.05, 0) is 6.82 Å². The van der Waals surface area contributed by atoms with Crippen LogP contribution in [0, 0.1) is 0 Å². The molecule has 1 aromatic heterocycles. The normalized spacial score (nSPS) is 24.7. The van der Waals surface area contributed by atoms with Crippen LogP contribution >= 0.6 is 0 Å². The number of sulfone groups is 1. The fourth-order valence-electron chi connectivity index (χ4n) is 2.02. The van der Waals surface area contributed by atoms with E-state index >= 15 is 0 Å². The molecule has 0 aromatic carbocycles. The molecule has 0 aliphatic carbocycles. The van der Waals surface area contributed by atoms with E-state index in [1.54, 1.807) is 34.9 Å². The highest BCUT2D eigenvalue weighted by molar-refractivity contribution is 7.92. The number of nitrogens with zero attached hydrogens (tertiary/aromatic N) is 3. The summed E-state index contributed by atoms with van der Waals surface area (Å²) in [5, 5.41) is 9.03. The predicted octanol–water partition coefficient (Wildman–Crippen LogP) is -0.908. The van der Waals surface area contributed by atoms with Crippen molar-refractivity contribution in [3.8, 4) is 0 Å². The molecular weight excluding hydrogens is 241 g/mol. The van der Waals surface area contributed by atoms with Crippen molar-refractivity contribution in [3.05, 3.63) is 18.7 Å². The van der Waals surface area contributed by atoms with Crippen molar-refractivity contribution in [2.24, 2.45) is 0 Å². The summed E-state index contributed by atoms with van der Waals surface area (Å²) in [5.41, 5.74) is 0. The average molecular weight is 257 g/mol. The Balaban J connectivity index is 2.11. The molecule has 1 fully saturated rings. The van der Waals surface area contributed by atoms with Crippen molar-refractivity contribution in [1.82, 2.24) is 14.4 Å². The van der Waals surface area contributed by atoms with Crippen LogP contribution in [0.4, 0.5) is 0 Å². The monoisotopic (exact) mass is 257 g/mol. The van der Waals surface area contributed by atoms with Gasteiger partial charge in [-0.2, -0.15) is 0 Å². The molecule has 0 bridgehead atoms. The highest BCUT2D eigenvalue weighted by Crippen LogP contribution is 2.15. The van der Waals surface area contributed by atoms with Crippen molar-refractivity contribution in [1.29, 1.82) is 0 Å². The van der Waals surface area contributed by atoms with Crippen LogP contribution in [-0.4, -0.2) is 58.9 Å². The first kappa shape index (κ1) is 12.6. The number of imidazole rings is 1. The Bertz CT molecular complexity index is 460. The molecule has 0 radical (unpaired) electrons. The van der Waals surface area contributed by atoms with Gasteiger partial charge in [-0.15, -0.1) is 0 Å². The summed E-state index contributed by atoms with van der Waals surface area (Å²) in [6.45, 7) is 2.83. The molecule has 17 heavy (non-hydrogen) atoms. The lowest BCUT2D eigenvalue weighted by Gasteiger charge is -2.33. The van der Waals surface area contributed by atoms with Gasteiger partial charge in [-0.1, -0.05) is 0 Å². The number of aromatic nitrogens is 2. The second kappa shape index (κ2) is 4.79. The summed E-state index contributed by atoms with van der Waals surface area (Å²) in [5.74, 6) is 0.108. The number of hydrogen-bond donors (Lipinski definition) is 1. The Morgan fingerprint density at radius 2 is 2.35 bits per heavy atom. The van der Waals surface area contributed by atoms with Gasteiger partial charge in [0.05, 0.1) is 17.3 Å². The quantitative estimate of drug-likeness (QED) is 0.710. The average Bonchev–Trinajstić information content (AvgIpc) is 2.73. The summed E-state index contributed by atoms with van der Waals surface area (Å²) >= 11 is 0.